The van der Waals surface area contributed by atoms with Crippen molar-refractivity contribution in [2.45, 2.75) is 24.4 Å². The number of nitrogens with zero attached hydrogens (tertiary/aromatic N) is 3. The first-order valence-corrected chi connectivity index (χ1v) is 13.6. The summed E-state index contributed by atoms with van der Waals surface area (Å²) >= 11 is 1.70. The van der Waals surface area contributed by atoms with Gasteiger partial charge in [-0.15, -0.1) is 0 Å². The highest BCUT2D eigenvalue weighted by Gasteiger charge is 2.29. The van der Waals surface area contributed by atoms with Crippen LogP contribution in [-0.4, -0.2) is 61.2 Å². The Kier molecular flexibility index (Phi) is 6.34. The lowest BCUT2D eigenvalue weighted by atomic mass is 10.0. The lowest BCUT2D eigenvalue weighted by Crippen LogP contribution is -2.48. The Hall–Kier alpha value is -2.52. The van der Waals surface area contributed by atoms with E-state index in [1.54, 1.807) is 29.5 Å². The van der Waals surface area contributed by atoms with Gasteiger partial charge in [0.2, 0.25) is 10.0 Å². The second-order valence-corrected chi connectivity index (χ2v) is 11.3. The molecule has 0 bridgehead atoms. The predicted octanol–water partition coefficient (Wildman–Crippen LogP) is 3.45. The van der Waals surface area contributed by atoms with Gasteiger partial charge >= 0.3 is 0 Å². The summed E-state index contributed by atoms with van der Waals surface area (Å²) in [6, 6.07) is 16.6. The molecule has 2 aliphatic rings. The van der Waals surface area contributed by atoms with Crippen molar-refractivity contribution in [2.75, 3.05) is 32.7 Å². The van der Waals surface area contributed by atoms with Gasteiger partial charge in [0.1, 0.15) is 0 Å². The summed E-state index contributed by atoms with van der Waals surface area (Å²) in [4.78, 5) is 17.5. The van der Waals surface area contributed by atoms with E-state index in [0.717, 1.165) is 25.2 Å². The van der Waals surface area contributed by atoms with Gasteiger partial charge in [0, 0.05) is 51.4 Å². The third-order valence-electron chi connectivity index (χ3n) is 6.46. The van der Waals surface area contributed by atoms with Crippen LogP contribution in [-0.2, 0) is 29.5 Å². The van der Waals surface area contributed by atoms with E-state index in [1.807, 2.05) is 23.1 Å². The number of amides is 1. The topological polar surface area (TPSA) is 60.9 Å². The smallest absolute Gasteiger partial charge is 0.253 e. The van der Waals surface area contributed by atoms with Gasteiger partial charge in [0.15, 0.2) is 0 Å². The van der Waals surface area contributed by atoms with Crippen LogP contribution in [0.5, 0.6) is 0 Å². The van der Waals surface area contributed by atoms with Gasteiger partial charge in [0.05, 0.1) is 4.90 Å². The number of carbonyl (C=O) groups excluding carboxylic acids is 1. The van der Waals surface area contributed by atoms with Gasteiger partial charge in [-0.05, 0) is 58.1 Å². The zero-order valence-corrected chi connectivity index (χ0v) is 20.0. The van der Waals surface area contributed by atoms with E-state index < -0.39 is 10.0 Å². The molecule has 0 radical (unpaired) electrons. The van der Waals surface area contributed by atoms with E-state index >= 15 is 0 Å². The molecule has 1 fully saturated rings. The molecule has 3 heterocycles. The number of benzene rings is 2. The average Bonchev–Trinajstić information content (AvgIpc) is 3.37. The molecule has 6 nitrogen and oxygen atoms in total. The third-order valence-corrected chi connectivity index (χ3v) is 9.03. The Morgan fingerprint density at radius 3 is 2.45 bits per heavy atom. The minimum atomic E-state index is -3.67. The molecule has 0 aliphatic carbocycles. The van der Waals surface area contributed by atoms with E-state index in [4.69, 9.17) is 0 Å². The maximum atomic E-state index is 13.3. The lowest BCUT2D eigenvalue weighted by molar-refractivity contribution is 0.0628. The van der Waals surface area contributed by atoms with E-state index in [0.29, 0.717) is 38.2 Å². The van der Waals surface area contributed by atoms with Crippen molar-refractivity contribution < 1.29 is 13.2 Å². The Morgan fingerprint density at radius 1 is 0.909 bits per heavy atom. The van der Waals surface area contributed by atoms with Crippen LogP contribution in [0.15, 0.2) is 70.3 Å². The molecule has 2 aliphatic heterocycles. The molecule has 5 rings (SSSR count). The third kappa shape index (κ3) is 4.75. The molecule has 1 amide bonds. The van der Waals surface area contributed by atoms with Gasteiger partial charge in [-0.25, -0.2) is 8.42 Å². The Labute approximate surface area is 199 Å². The maximum absolute atomic E-state index is 13.3. The van der Waals surface area contributed by atoms with E-state index in [2.05, 4.69) is 27.8 Å². The molecule has 1 aromatic heterocycles. The Bertz CT molecular complexity index is 1230. The molecule has 8 heteroatoms. The van der Waals surface area contributed by atoms with Crippen LogP contribution in [0.4, 0.5) is 0 Å². The number of fused-ring (bicyclic) bond motifs is 1. The standard InChI is InChI=1S/C25H27N3O3S2/c29-25(27-13-11-26(12-14-27)17-20-9-15-32-19-20)22-6-3-7-24(16-22)33(30,31)28-10-8-21-4-1-2-5-23(21)18-28/h1-7,9,15-16,19H,8,10-14,17-18H2. The minimum absolute atomic E-state index is 0.105. The van der Waals surface area contributed by atoms with Crippen LogP contribution in [0.1, 0.15) is 27.0 Å². The van der Waals surface area contributed by atoms with Crippen molar-refractivity contribution in [3.8, 4) is 0 Å². The molecule has 33 heavy (non-hydrogen) atoms. The largest absolute Gasteiger partial charge is 0.336 e. The molecule has 2 aromatic carbocycles. The van der Waals surface area contributed by atoms with Gasteiger partial charge in [-0.2, -0.15) is 15.6 Å². The highest BCUT2D eigenvalue weighted by atomic mass is 32.2. The Balaban J connectivity index is 1.27. The summed E-state index contributed by atoms with van der Waals surface area (Å²) in [5, 5.41) is 4.24. The van der Waals surface area contributed by atoms with Crippen LogP contribution < -0.4 is 0 Å². The molecular formula is C25H27N3O3S2. The molecule has 172 valence electrons. The summed E-state index contributed by atoms with van der Waals surface area (Å²) < 4.78 is 28.2. The van der Waals surface area contributed by atoms with Crippen molar-refractivity contribution in [3.63, 3.8) is 0 Å². The first-order chi connectivity index (χ1) is 16.0. The fourth-order valence-electron chi connectivity index (χ4n) is 4.55. The van der Waals surface area contributed by atoms with Crippen molar-refractivity contribution in [3.05, 3.63) is 87.6 Å². The molecule has 1 saturated heterocycles. The van der Waals surface area contributed by atoms with Crippen molar-refractivity contribution >= 4 is 27.3 Å². The maximum Gasteiger partial charge on any atom is 0.253 e. The minimum Gasteiger partial charge on any atom is -0.336 e. The van der Waals surface area contributed by atoms with Gasteiger partial charge in [-0.1, -0.05) is 30.3 Å². The highest BCUT2D eigenvalue weighted by Crippen LogP contribution is 2.25. The normalized spacial score (nSPS) is 17.6. The number of thiophene rings is 1. The fourth-order valence-corrected chi connectivity index (χ4v) is 6.67. The average molecular weight is 482 g/mol. The lowest BCUT2D eigenvalue weighted by Gasteiger charge is -2.34. The molecule has 0 atom stereocenters. The summed E-state index contributed by atoms with van der Waals surface area (Å²) in [6.07, 6.45) is 0.698. The number of hydrogen-bond acceptors (Lipinski definition) is 5. The fraction of sp³-hybridized carbons (Fsp3) is 0.320. The van der Waals surface area contributed by atoms with Crippen LogP contribution in [0.3, 0.4) is 0 Å². The van der Waals surface area contributed by atoms with Crippen molar-refractivity contribution in [1.82, 2.24) is 14.1 Å². The summed E-state index contributed by atoms with van der Waals surface area (Å²) in [5.74, 6) is -0.105. The van der Waals surface area contributed by atoms with Gasteiger partial charge in [-0.3, -0.25) is 9.69 Å². The molecular weight excluding hydrogens is 454 g/mol. The first kappa shape index (κ1) is 22.3. The van der Waals surface area contributed by atoms with Gasteiger partial charge < -0.3 is 4.90 Å². The number of sulfonamides is 1. The Morgan fingerprint density at radius 2 is 1.70 bits per heavy atom. The number of hydrogen-bond donors (Lipinski definition) is 0. The molecule has 3 aromatic rings. The molecule has 0 unspecified atom stereocenters. The van der Waals surface area contributed by atoms with E-state index in [-0.39, 0.29) is 10.8 Å². The van der Waals surface area contributed by atoms with E-state index in [1.165, 1.54) is 21.5 Å². The summed E-state index contributed by atoms with van der Waals surface area (Å²) in [7, 11) is -3.67. The number of piperazine rings is 1. The number of carbonyl (C=O) groups is 1. The summed E-state index contributed by atoms with van der Waals surface area (Å²) in [6.45, 7) is 4.62. The van der Waals surface area contributed by atoms with Crippen molar-refractivity contribution in [2.24, 2.45) is 0 Å². The van der Waals surface area contributed by atoms with E-state index in [9.17, 15) is 13.2 Å². The zero-order chi connectivity index (χ0) is 22.8. The SMILES string of the molecule is O=C(c1cccc(S(=O)(=O)N2CCc3ccccc3C2)c1)N1CCN(Cc2ccsc2)CC1. The van der Waals surface area contributed by atoms with Crippen molar-refractivity contribution in [1.29, 1.82) is 0 Å². The molecule has 0 spiro atoms. The molecule has 0 saturated carbocycles. The second kappa shape index (κ2) is 9.38. The zero-order valence-electron chi connectivity index (χ0n) is 18.4. The monoisotopic (exact) mass is 481 g/mol. The highest BCUT2D eigenvalue weighted by molar-refractivity contribution is 7.89. The predicted molar refractivity (Wildman–Crippen MR) is 130 cm³/mol. The van der Waals surface area contributed by atoms with Crippen LogP contribution >= 0.6 is 11.3 Å². The second-order valence-electron chi connectivity index (χ2n) is 8.59. The summed E-state index contributed by atoms with van der Waals surface area (Å²) in [5.41, 5.74) is 3.98. The molecule has 0 N–H and O–H groups in total. The van der Waals surface area contributed by atoms with Crippen LogP contribution in [0.2, 0.25) is 0 Å². The van der Waals surface area contributed by atoms with Crippen LogP contribution in [0, 0.1) is 0 Å². The quantitative estimate of drug-likeness (QED) is 0.560. The number of rotatable bonds is 5. The van der Waals surface area contributed by atoms with Crippen LogP contribution in [0.25, 0.3) is 0 Å². The van der Waals surface area contributed by atoms with Gasteiger partial charge in [0.25, 0.3) is 5.91 Å². The first-order valence-electron chi connectivity index (χ1n) is 11.2.